The topological polar surface area (TPSA) is 107 Å². The average Bonchev–Trinajstić information content (AvgIpc) is 3.50. The Kier molecular flexibility index (Phi) is 7.37. The number of aromatic nitrogens is 2. The maximum atomic E-state index is 12.7. The molecule has 4 N–H and O–H groups in total. The smallest absolute Gasteiger partial charge is 0.416 e. The highest BCUT2D eigenvalue weighted by Gasteiger charge is 2.31. The Morgan fingerprint density at radius 1 is 0.476 bits per heavy atom. The van der Waals surface area contributed by atoms with Crippen molar-refractivity contribution in [3.8, 4) is 44.1 Å². The lowest BCUT2D eigenvalue weighted by molar-refractivity contribution is -0.138. The zero-order chi connectivity index (χ0) is 30.4. The predicted octanol–water partition coefficient (Wildman–Crippen LogP) is 8.79. The molecule has 0 saturated heterocycles. The van der Waals surface area contributed by atoms with E-state index in [1.54, 1.807) is 0 Å². The molecule has 0 aliphatic carbocycles. The Morgan fingerprint density at radius 3 is 1.12 bits per heavy atom. The Hall–Kier alpha value is -4.56. The fraction of sp³-hybridized carbons (Fsp3) is 0.0714. The van der Waals surface area contributed by atoms with Gasteiger partial charge in [0.25, 0.3) is 0 Å². The highest BCUT2D eigenvalue weighted by molar-refractivity contribution is 7.22. The van der Waals surface area contributed by atoms with E-state index in [1.807, 2.05) is 0 Å². The fourth-order valence-corrected chi connectivity index (χ4v) is 5.76. The van der Waals surface area contributed by atoms with Gasteiger partial charge in [-0.1, -0.05) is 0 Å². The van der Waals surface area contributed by atoms with Crippen LogP contribution in [0.5, 0.6) is 23.0 Å². The number of nitrogens with zero attached hydrogens (tertiary/aromatic N) is 2. The van der Waals surface area contributed by atoms with Crippen molar-refractivity contribution in [3.05, 3.63) is 83.9 Å². The van der Waals surface area contributed by atoms with Gasteiger partial charge in [-0.25, -0.2) is 9.97 Å². The van der Waals surface area contributed by atoms with E-state index in [0.29, 0.717) is 30.5 Å². The number of aromatic hydroxyl groups is 4. The molecule has 2 aromatic heterocycles. The molecule has 6 nitrogen and oxygen atoms in total. The second-order valence-electron chi connectivity index (χ2n) is 8.87. The molecule has 0 bridgehead atoms. The van der Waals surface area contributed by atoms with Gasteiger partial charge in [0.2, 0.25) is 0 Å². The van der Waals surface area contributed by atoms with E-state index in [1.165, 1.54) is 71.2 Å². The van der Waals surface area contributed by atoms with Gasteiger partial charge in [-0.3, -0.25) is 0 Å². The van der Waals surface area contributed by atoms with Gasteiger partial charge in [-0.15, -0.1) is 22.7 Å². The molecule has 0 fully saturated rings. The van der Waals surface area contributed by atoms with Crippen LogP contribution in [0.15, 0.2) is 72.8 Å². The molecule has 0 spiro atoms. The summed E-state index contributed by atoms with van der Waals surface area (Å²) in [7, 11) is 0. The first-order valence-electron chi connectivity index (χ1n) is 11.7. The van der Waals surface area contributed by atoms with Crippen LogP contribution in [0, 0.1) is 0 Å². The summed E-state index contributed by atoms with van der Waals surface area (Å²) >= 11 is 2.37. The third-order valence-electron chi connectivity index (χ3n) is 5.73. The average molecular weight is 623 g/mol. The first-order chi connectivity index (χ1) is 19.7. The Labute approximate surface area is 240 Å². The zero-order valence-electron chi connectivity index (χ0n) is 20.7. The van der Waals surface area contributed by atoms with Gasteiger partial charge in [0.15, 0.2) is 0 Å². The van der Waals surface area contributed by atoms with E-state index in [4.69, 9.17) is 0 Å². The Bertz CT molecular complexity index is 1750. The quantitative estimate of drug-likeness (QED) is 0.144. The van der Waals surface area contributed by atoms with Gasteiger partial charge in [0.1, 0.15) is 33.0 Å². The minimum Gasteiger partial charge on any atom is -0.508 e. The van der Waals surface area contributed by atoms with Gasteiger partial charge in [0.05, 0.1) is 31.6 Å². The minimum absolute atomic E-state index is 0.139. The van der Waals surface area contributed by atoms with Crippen molar-refractivity contribution in [2.75, 3.05) is 0 Å². The molecule has 42 heavy (non-hydrogen) atoms. The molecule has 0 atom stereocenters. The van der Waals surface area contributed by atoms with Crippen LogP contribution in [0.25, 0.3) is 41.6 Å². The summed E-state index contributed by atoms with van der Waals surface area (Å²) in [6, 6.07) is 14.6. The molecule has 0 aliphatic heterocycles. The van der Waals surface area contributed by atoms with Crippen molar-refractivity contribution < 1.29 is 46.8 Å². The van der Waals surface area contributed by atoms with Crippen LogP contribution in [0.4, 0.5) is 26.3 Å². The summed E-state index contributed by atoms with van der Waals surface area (Å²) < 4.78 is 77.2. The van der Waals surface area contributed by atoms with Gasteiger partial charge in [0, 0.05) is 23.3 Å². The summed E-state index contributed by atoms with van der Waals surface area (Å²) in [5, 5.41) is 38.6. The number of halogens is 6. The minimum atomic E-state index is -4.42. The van der Waals surface area contributed by atoms with Crippen molar-refractivity contribution in [1.29, 1.82) is 0 Å². The first-order valence-corrected chi connectivity index (χ1v) is 13.3. The van der Waals surface area contributed by atoms with Crippen molar-refractivity contribution in [3.63, 3.8) is 0 Å². The standard InChI is InChI=1S/2C14H8F3NO2S/c2*15-14(16,17)8-1-2-12-11(5-8)18-13(21-12)7-3-9(19)6-10(20)4-7/h2*1-6,19-20H. The molecule has 0 amide bonds. The first kappa shape index (κ1) is 29.0. The lowest BCUT2D eigenvalue weighted by atomic mass is 10.2. The molecule has 0 saturated carbocycles. The number of benzene rings is 4. The molecule has 14 heteroatoms. The summed E-state index contributed by atoms with van der Waals surface area (Å²) in [5.41, 5.74) is -0.166. The number of fused-ring (bicyclic) bond motifs is 2. The molecule has 4 aromatic carbocycles. The molecular weight excluding hydrogens is 606 g/mol. The van der Waals surface area contributed by atoms with E-state index < -0.39 is 23.5 Å². The SMILES string of the molecule is Oc1cc(O)cc(-c2nc3cc(C(F)(F)F)ccc3s2)c1.Oc1cc(O)cc(-c2nc3cc(C(F)(F)F)ccc3s2)c1. The second-order valence-corrected chi connectivity index (χ2v) is 10.9. The van der Waals surface area contributed by atoms with E-state index in [9.17, 15) is 46.8 Å². The Morgan fingerprint density at radius 2 is 0.810 bits per heavy atom. The van der Waals surface area contributed by atoms with E-state index in [-0.39, 0.29) is 34.0 Å². The van der Waals surface area contributed by atoms with Crippen LogP contribution < -0.4 is 0 Å². The van der Waals surface area contributed by atoms with E-state index >= 15 is 0 Å². The summed E-state index contributed by atoms with van der Waals surface area (Å²) in [6.45, 7) is 0. The predicted molar refractivity (Wildman–Crippen MR) is 147 cm³/mol. The number of alkyl halides is 6. The summed E-state index contributed by atoms with van der Waals surface area (Å²) in [4.78, 5) is 8.27. The van der Waals surface area contributed by atoms with Gasteiger partial charge in [-0.05, 0) is 60.7 Å². The fourth-order valence-electron chi connectivity index (χ4n) is 3.89. The largest absolute Gasteiger partial charge is 0.508 e. The lowest BCUT2D eigenvalue weighted by Gasteiger charge is -2.04. The Balaban J connectivity index is 0.000000168. The van der Waals surface area contributed by atoms with Crippen LogP contribution in [0.1, 0.15) is 11.1 Å². The number of thiazole rings is 2. The van der Waals surface area contributed by atoms with Crippen molar-refractivity contribution >= 4 is 43.1 Å². The van der Waals surface area contributed by atoms with Crippen LogP contribution in [-0.2, 0) is 12.4 Å². The van der Waals surface area contributed by atoms with Gasteiger partial charge in [-0.2, -0.15) is 26.3 Å². The van der Waals surface area contributed by atoms with Crippen molar-refractivity contribution in [2.45, 2.75) is 12.4 Å². The third kappa shape index (κ3) is 6.34. The van der Waals surface area contributed by atoms with Crippen LogP contribution in [-0.4, -0.2) is 30.4 Å². The molecule has 0 aliphatic rings. The summed E-state index contributed by atoms with van der Waals surface area (Å²) in [5.74, 6) is -0.555. The molecule has 0 radical (unpaired) electrons. The highest BCUT2D eigenvalue weighted by atomic mass is 32.1. The number of hydrogen-bond acceptors (Lipinski definition) is 8. The molecule has 6 aromatic rings. The van der Waals surface area contributed by atoms with E-state index in [0.717, 1.165) is 24.3 Å². The highest BCUT2D eigenvalue weighted by Crippen LogP contribution is 2.38. The molecule has 6 rings (SSSR count). The van der Waals surface area contributed by atoms with Gasteiger partial charge < -0.3 is 20.4 Å². The second kappa shape index (κ2) is 10.7. The zero-order valence-corrected chi connectivity index (χ0v) is 22.3. The number of phenolic OH excluding ortho intramolecular Hbond substituents is 4. The van der Waals surface area contributed by atoms with Crippen LogP contribution in [0.2, 0.25) is 0 Å². The molecular formula is C28H16F6N2O4S2. The van der Waals surface area contributed by atoms with Gasteiger partial charge >= 0.3 is 12.4 Å². The molecule has 216 valence electrons. The molecule has 2 heterocycles. The third-order valence-corrected chi connectivity index (χ3v) is 7.90. The lowest BCUT2D eigenvalue weighted by Crippen LogP contribution is -2.03. The number of phenols is 4. The maximum absolute atomic E-state index is 12.7. The van der Waals surface area contributed by atoms with E-state index in [2.05, 4.69) is 9.97 Å². The monoisotopic (exact) mass is 622 g/mol. The van der Waals surface area contributed by atoms with Crippen LogP contribution >= 0.6 is 22.7 Å². The number of rotatable bonds is 2. The molecule has 0 unspecified atom stereocenters. The number of hydrogen-bond donors (Lipinski definition) is 4. The normalized spacial score (nSPS) is 12.0. The maximum Gasteiger partial charge on any atom is 0.416 e. The summed E-state index contributed by atoms with van der Waals surface area (Å²) in [6.07, 6.45) is -8.83. The van der Waals surface area contributed by atoms with Crippen LogP contribution in [0.3, 0.4) is 0 Å². The van der Waals surface area contributed by atoms with Crippen molar-refractivity contribution in [1.82, 2.24) is 9.97 Å². The van der Waals surface area contributed by atoms with Crippen molar-refractivity contribution in [2.24, 2.45) is 0 Å².